The molecule has 19 heavy (non-hydrogen) atoms. The Hall–Kier alpha value is -2.07. The number of aromatic amines is 1. The number of aromatic hydroxyl groups is 1. The third kappa shape index (κ3) is 1.94. The molecule has 0 aliphatic rings. The van der Waals surface area contributed by atoms with E-state index in [1.807, 2.05) is 24.3 Å². The quantitative estimate of drug-likeness (QED) is 0.705. The molecule has 0 spiro atoms. The van der Waals surface area contributed by atoms with E-state index in [0.717, 1.165) is 15.4 Å². The van der Waals surface area contributed by atoms with E-state index < -0.39 is 0 Å². The van der Waals surface area contributed by atoms with Gasteiger partial charge in [0.05, 0.1) is 10.0 Å². The smallest absolute Gasteiger partial charge is 0.214 e. The zero-order chi connectivity index (χ0) is 13.4. The van der Waals surface area contributed by atoms with Crippen molar-refractivity contribution in [3.8, 4) is 5.75 Å². The second-order valence-corrected chi connectivity index (χ2v) is 5.00. The number of carbonyl (C=O) groups is 1. The largest absolute Gasteiger partial charge is 0.507 e. The number of ketones is 1. The highest BCUT2D eigenvalue weighted by molar-refractivity contribution is 9.10. The van der Waals surface area contributed by atoms with E-state index in [9.17, 15) is 9.90 Å². The molecule has 3 aromatic rings. The molecule has 0 radical (unpaired) electrons. The number of phenols is 1. The van der Waals surface area contributed by atoms with E-state index in [4.69, 9.17) is 0 Å². The van der Waals surface area contributed by atoms with Gasteiger partial charge in [0.15, 0.2) is 0 Å². The zero-order valence-corrected chi connectivity index (χ0v) is 11.4. The lowest BCUT2D eigenvalue weighted by Gasteiger charge is -2.02. The molecular weight excluding hydrogens is 306 g/mol. The molecule has 0 fully saturated rings. The number of rotatable bonds is 2. The number of H-pyrrole nitrogens is 1. The van der Waals surface area contributed by atoms with Crippen LogP contribution < -0.4 is 0 Å². The standard InChI is InChI=1S/C15H10BrNO2/c16-13-9-5-1-3-7-11(9)17-14(13)15(19)10-6-2-4-8-12(10)18/h1-8,17-18H. The molecule has 4 heteroatoms. The van der Waals surface area contributed by atoms with Crippen LogP contribution >= 0.6 is 15.9 Å². The number of aromatic nitrogens is 1. The fourth-order valence-electron chi connectivity index (χ4n) is 2.06. The fraction of sp³-hybridized carbons (Fsp3) is 0. The minimum Gasteiger partial charge on any atom is -0.507 e. The summed E-state index contributed by atoms with van der Waals surface area (Å²) in [5.41, 5.74) is 1.62. The van der Waals surface area contributed by atoms with Gasteiger partial charge in [-0.2, -0.15) is 0 Å². The molecule has 0 saturated heterocycles. The van der Waals surface area contributed by atoms with Gasteiger partial charge in [-0.15, -0.1) is 0 Å². The van der Waals surface area contributed by atoms with Crippen molar-refractivity contribution in [2.24, 2.45) is 0 Å². The number of hydrogen-bond donors (Lipinski definition) is 2. The summed E-state index contributed by atoms with van der Waals surface area (Å²) in [6, 6.07) is 14.2. The maximum absolute atomic E-state index is 12.4. The molecule has 0 unspecified atom stereocenters. The number of nitrogens with one attached hydrogen (secondary N) is 1. The van der Waals surface area contributed by atoms with Crippen LogP contribution in [0.25, 0.3) is 10.9 Å². The SMILES string of the molecule is O=C(c1ccccc1O)c1[nH]c2ccccc2c1Br. The first-order chi connectivity index (χ1) is 9.18. The summed E-state index contributed by atoms with van der Waals surface area (Å²) in [5, 5.41) is 10.7. The topological polar surface area (TPSA) is 53.1 Å². The van der Waals surface area contributed by atoms with Gasteiger partial charge >= 0.3 is 0 Å². The van der Waals surface area contributed by atoms with Crippen molar-refractivity contribution in [3.63, 3.8) is 0 Å². The van der Waals surface area contributed by atoms with Gasteiger partial charge in [0.1, 0.15) is 11.4 Å². The summed E-state index contributed by atoms with van der Waals surface area (Å²) in [4.78, 5) is 15.5. The van der Waals surface area contributed by atoms with Gasteiger partial charge in [-0.1, -0.05) is 30.3 Å². The van der Waals surface area contributed by atoms with E-state index in [-0.39, 0.29) is 17.1 Å². The molecule has 2 aromatic carbocycles. The van der Waals surface area contributed by atoms with E-state index in [1.54, 1.807) is 18.2 Å². The van der Waals surface area contributed by atoms with Gasteiger partial charge in [0.2, 0.25) is 5.78 Å². The van der Waals surface area contributed by atoms with Gasteiger partial charge in [-0.3, -0.25) is 4.79 Å². The molecule has 1 aromatic heterocycles. The van der Waals surface area contributed by atoms with Crippen LogP contribution in [-0.4, -0.2) is 15.9 Å². The highest BCUT2D eigenvalue weighted by Gasteiger charge is 2.19. The Morgan fingerprint density at radius 1 is 1.05 bits per heavy atom. The highest BCUT2D eigenvalue weighted by atomic mass is 79.9. The van der Waals surface area contributed by atoms with Crippen LogP contribution in [0.2, 0.25) is 0 Å². The Morgan fingerprint density at radius 2 is 1.74 bits per heavy atom. The minimum absolute atomic E-state index is 0.0157. The molecule has 3 rings (SSSR count). The number of para-hydroxylation sites is 2. The molecule has 0 saturated carbocycles. The molecule has 0 atom stereocenters. The van der Waals surface area contributed by atoms with E-state index in [1.165, 1.54) is 6.07 Å². The van der Waals surface area contributed by atoms with Crippen LogP contribution in [0.15, 0.2) is 53.0 Å². The average Bonchev–Trinajstić information content (AvgIpc) is 2.77. The Balaban J connectivity index is 2.17. The van der Waals surface area contributed by atoms with Gasteiger partial charge < -0.3 is 10.1 Å². The summed E-state index contributed by atoms with van der Waals surface area (Å²) < 4.78 is 0.719. The minimum atomic E-state index is -0.235. The summed E-state index contributed by atoms with van der Waals surface area (Å²) in [6.45, 7) is 0. The first-order valence-electron chi connectivity index (χ1n) is 5.77. The van der Waals surface area contributed by atoms with Crippen LogP contribution in [0.5, 0.6) is 5.75 Å². The van der Waals surface area contributed by atoms with Crippen molar-refractivity contribution in [3.05, 3.63) is 64.3 Å². The van der Waals surface area contributed by atoms with E-state index in [0.29, 0.717) is 5.69 Å². The molecule has 0 bridgehead atoms. The fourth-order valence-corrected chi connectivity index (χ4v) is 2.69. The lowest BCUT2D eigenvalue weighted by Crippen LogP contribution is -2.02. The molecule has 3 nitrogen and oxygen atoms in total. The molecule has 0 aliphatic carbocycles. The number of fused-ring (bicyclic) bond motifs is 1. The van der Waals surface area contributed by atoms with Crippen molar-refractivity contribution in [1.29, 1.82) is 0 Å². The zero-order valence-electron chi connectivity index (χ0n) is 9.85. The molecular formula is C15H10BrNO2. The van der Waals surface area contributed by atoms with Crippen molar-refractivity contribution >= 4 is 32.6 Å². The molecule has 2 N–H and O–H groups in total. The van der Waals surface area contributed by atoms with Crippen molar-refractivity contribution < 1.29 is 9.90 Å². The summed E-state index contributed by atoms with van der Waals surface area (Å²) in [7, 11) is 0. The Labute approximate surface area is 118 Å². The number of phenolic OH excluding ortho intramolecular Hbond substituents is 1. The van der Waals surface area contributed by atoms with Crippen LogP contribution in [0.1, 0.15) is 16.1 Å². The first kappa shape index (κ1) is 12.0. The van der Waals surface area contributed by atoms with Gasteiger partial charge in [-0.25, -0.2) is 0 Å². The van der Waals surface area contributed by atoms with E-state index >= 15 is 0 Å². The number of hydrogen-bond acceptors (Lipinski definition) is 2. The van der Waals surface area contributed by atoms with Crippen LogP contribution in [-0.2, 0) is 0 Å². The molecule has 1 heterocycles. The Bertz CT molecular complexity index is 777. The summed E-state index contributed by atoms with van der Waals surface area (Å²) in [6.07, 6.45) is 0. The van der Waals surface area contributed by atoms with E-state index in [2.05, 4.69) is 20.9 Å². The lowest BCUT2D eigenvalue weighted by molar-refractivity contribution is 0.103. The van der Waals surface area contributed by atoms with Crippen LogP contribution in [0.3, 0.4) is 0 Å². The monoisotopic (exact) mass is 315 g/mol. The predicted octanol–water partition coefficient (Wildman–Crippen LogP) is 3.87. The van der Waals surface area contributed by atoms with Gasteiger partial charge in [0.25, 0.3) is 0 Å². The maximum Gasteiger partial charge on any atom is 0.214 e. The molecule has 0 aliphatic heterocycles. The summed E-state index contributed by atoms with van der Waals surface area (Å²) in [5.74, 6) is -0.251. The van der Waals surface area contributed by atoms with Crippen LogP contribution in [0, 0.1) is 0 Å². The van der Waals surface area contributed by atoms with Crippen molar-refractivity contribution in [1.82, 2.24) is 4.98 Å². The molecule has 0 amide bonds. The second-order valence-electron chi connectivity index (χ2n) is 4.21. The van der Waals surface area contributed by atoms with Crippen molar-refractivity contribution in [2.45, 2.75) is 0 Å². The average molecular weight is 316 g/mol. The second kappa shape index (κ2) is 4.55. The maximum atomic E-state index is 12.4. The molecule has 94 valence electrons. The normalized spacial score (nSPS) is 10.8. The third-order valence-electron chi connectivity index (χ3n) is 3.02. The van der Waals surface area contributed by atoms with Crippen LogP contribution in [0.4, 0.5) is 0 Å². The predicted molar refractivity (Wildman–Crippen MR) is 77.5 cm³/mol. The van der Waals surface area contributed by atoms with Gasteiger partial charge in [0, 0.05) is 10.9 Å². The Morgan fingerprint density at radius 3 is 2.47 bits per heavy atom. The van der Waals surface area contributed by atoms with Gasteiger partial charge in [-0.05, 0) is 34.1 Å². The third-order valence-corrected chi connectivity index (χ3v) is 3.84. The summed E-state index contributed by atoms with van der Waals surface area (Å²) >= 11 is 3.44. The number of carbonyl (C=O) groups excluding carboxylic acids is 1. The number of benzene rings is 2. The Kier molecular flexibility index (Phi) is 2.87. The van der Waals surface area contributed by atoms with Crippen molar-refractivity contribution in [2.75, 3.05) is 0 Å². The lowest BCUT2D eigenvalue weighted by atomic mass is 10.1. The first-order valence-corrected chi connectivity index (χ1v) is 6.56. The number of halogens is 1. The highest BCUT2D eigenvalue weighted by Crippen LogP contribution is 2.30.